The van der Waals surface area contributed by atoms with E-state index in [9.17, 15) is 9.90 Å². The van der Waals surface area contributed by atoms with Gasteiger partial charge in [0.15, 0.2) is 0 Å². The number of carbonyl (C=O) groups excluding carboxylic acids is 1. The first-order valence-electron chi connectivity index (χ1n) is 5.77. The van der Waals surface area contributed by atoms with Gasteiger partial charge in [0.25, 0.3) is 0 Å². The van der Waals surface area contributed by atoms with Crippen molar-refractivity contribution >= 4 is 5.97 Å². The molecule has 1 aliphatic carbocycles. The van der Waals surface area contributed by atoms with Crippen molar-refractivity contribution in [1.82, 2.24) is 0 Å². The van der Waals surface area contributed by atoms with Crippen molar-refractivity contribution in [2.75, 3.05) is 7.11 Å². The zero-order valence-corrected chi connectivity index (χ0v) is 9.90. The van der Waals surface area contributed by atoms with E-state index in [0.717, 1.165) is 31.2 Å². The summed E-state index contributed by atoms with van der Waals surface area (Å²) in [5, 5.41) is 9.62. The van der Waals surface area contributed by atoms with Gasteiger partial charge < -0.3 is 15.6 Å². The molecule has 2 rings (SSSR count). The van der Waals surface area contributed by atoms with Crippen LogP contribution in [0.3, 0.4) is 0 Å². The van der Waals surface area contributed by atoms with E-state index in [1.54, 1.807) is 12.1 Å². The zero-order chi connectivity index (χ0) is 12.5. The molecule has 0 amide bonds. The maximum Gasteiger partial charge on any atom is 0.341 e. The molecule has 17 heavy (non-hydrogen) atoms. The molecule has 0 radical (unpaired) electrons. The molecule has 4 heteroatoms. The van der Waals surface area contributed by atoms with Gasteiger partial charge >= 0.3 is 5.97 Å². The van der Waals surface area contributed by atoms with Crippen LogP contribution in [0, 0.1) is 0 Å². The standard InChI is InChI=1S/C13H17NO3/c1-17-12(16)10-8-9(4-5-11(10)15)13(14)6-2-3-7-13/h4-5,8,15H,2-3,6-7,14H2,1H3. The second-order valence-corrected chi connectivity index (χ2v) is 4.59. The summed E-state index contributed by atoms with van der Waals surface area (Å²) in [7, 11) is 1.29. The normalized spacial score (nSPS) is 18.0. The van der Waals surface area contributed by atoms with Gasteiger partial charge in [0.1, 0.15) is 11.3 Å². The average molecular weight is 235 g/mol. The summed E-state index contributed by atoms with van der Waals surface area (Å²) in [5.41, 5.74) is 7.02. The highest BCUT2D eigenvalue weighted by molar-refractivity contribution is 5.92. The number of benzene rings is 1. The lowest BCUT2D eigenvalue weighted by Crippen LogP contribution is -2.33. The Morgan fingerprint density at radius 1 is 1.41 bits per heavy atom. The first-order chi connectivity index (χ1) is 8.07. The molecule has 3 N–H and O–H groups in total. The van der Waals surface area contributed by atoms with Crippen molar-refractivity contribution in [2.24, 2.45) is 5.73 Å². The number of hydrogen-bond donors (Lipinski definition) is 2. The molecule has 1 aliphatic rings. The van der Waals surface area contributed by atoms with Gasteiger partial charge in [0, 0.05) is 5.54 Å². The Labute approximate surface area is 100 Å². The Bertz CT molecular complexity index is 436. The third-order valence-corrected chi connectivity index (χ3v) is 3.47. The highest BCUT2D eigenvalue weighted by Gasteiger charge is 2.32. The molecule has 0 aliphatic heterocycles. The monoisotopic (exact) mass is 235 g/mol. The number of carbonyl (C=O) groups is 1. The van der Waals surface area contributed by atoms with Gasteiger partial charge in [0.05, 0.1) is 7.11 Å². The lowest BCUT2D eigenvalue weighted by molar-refractivity contribution is 0.0597. The van der Waals surface area contributed by atoms with Gasteiger partial charge in [-0.3, -0.25) is 0 Å². The molecule has 0 spiro atoms. The highest BCUT2D eigenvalue weighted by Crippen LogP contribution is 2.37. The van der Waals surface area contributed by atoms with Crippen LogP contribution >= 0.6 is 0 Å². The molecule has 1 aromatic rings. The third-order valence-electron chi connectivity index (χ3n) is 3.47. The number of ether oxygens (including phenoxy) is 1. The lowest BCUT2D eigenvalue weighted by Gasteiger charge is -2.24. The number of hydrogen-bond acceptors (Lipinski definition) is 4. The Morgan fingerprint density at radius 3 is 2.65 bits per heavy atom. The van der Waals surface area contributed by atoms with E-state index in [4.69, 9.17) is 5.73 Å². The third kappa shape index (κ3) is 2.13. The van der Waals surface area contributed by atoms with E-state index < -0.39 is 5.97 Å². The molecule has 0 atom stereocenters. The molecule has 0 heterocycles. The van der Waals surface area contributed by atoms with Crippen LogP contribution < -0.4 is 5.73 Å². The van der Waals surface area contributed by atoms with E-state index >= 15 is 0 Å². The second kappa shape index (κ2) is 4.37. The minimum Gasteiger partial charge on any atom is -0.507 e. The summed E-state index contributed by atoms with van der Waals surface area (Å²) >= 11 is 0. The summed E-state index contributed by atoms with van der Waals surface area (Å²) in [6.45, 7) is 0. The van der Waals surface area contributed by atoms with Gasteiger partial charge in [-0.15, -0.1) is 0 Å². The van der Waals surface area contributed by atoms with Gasteiger partial charge in [0.2, 0.25) is 0 Å². The second-order valence-electron chi connectivity index (χ2n) is 4.59. The Hall–Kier alpha value is -1.55. The summed E-state index contributed by atoms with van der Waals surface area (Å²) in [4.78, 5) is 11.5. The van der Waals surface area contributed by atoms with Crippen LogP contribution in [0.25, 0.3) is 0 Å². The molecular formula is C13H17NO3. The number of phenols is 1. The van der Waals surface area contributed by atoms with Crippen LogP contribution in [0.1, 0.15) is 41.6 Å². The first-order valence-corrected chi connectivity index (χ1v) is 5.77. The molecule has 92 valence electrons. The van der Waals surface area contributed by atoms with Crippen molar-refractivity contribution < 1.29 is 14.6 Å². The van der Waals surface area contributed by atoms with Crippen LogP contribution in [0.2, 0.25) is 0 Å². The maximum absolute atomic E-state index is 11.5. The first kappa shape index (κ1) is 11.9. The Balaban J connectivity index is 2.40. The summed E-state index contributed by atoms with van der Waals surface area (Å²) < 4.78 is 4.63. The fraction of sp³-hybridized carbons (Fsp3) is 0.462. The maximum atomic E-state index is 11.5. The fourth-order valence-electron chi connectivity index (χ4n) is 2.41. The number of methoxy groups -OCH3 is 1. The SMILES string of the molecule is COC(=O)c1cc(C2(N)CCCC2)ccc1O. The fourth-order valence-corrected chi connectivity index (χ4v) is 2.41. The number of nitrogens with two attached hydrogens (primary N) is 1. The molecule has 4 nitrogen and oxygen atoms in total. The molecule has 0 bridgehead atoms. The summed E-state index contributed by atoms with van der Waals surface area (Å²) in [6, 6.07) is 4.94. The summed E-state index contributed by atoms with van der Waals surface area (Å²) in [5.74, 6) is -0.604. The number of esters is 1. The predicted octanol–water partition coefficient (Wildman–Crippen LogP) is 1.91. The molecule has 1 saturated carbocycles. The Kier molecular flexibility index (Phi) is 3.07. The van der Waals surface area contributed by atoms with Crippen molar-refractivity contribution in [3.63, 3.8) is 0 Å². The minimum atomic E-state index is -0.536. The molecule has 1 aromatic carbocycles. The topological polar surface area (TPSA) is 72.5 Å². The van der Waals surface area contributed by atoms with Gasteiger partial charge in [-0.1, -0.05) is 18.9 Å². The molecule has 1 fully saturated rings. The van der Waals surface area contributed by atoms with E-state index in [1.165, 1.54) is 13.2 Å². The van der Waals surface area contributed by atoms with Crippen LogP contribution in [0.4, 0.5) is 0 Å². The average Bonchev–Trinajstić information content (AvgIpc) is 2.77. The minimum absolute atomic E-state index is 0.0674. The zero-order valence-electron chi connectivity index (χ0n) is 9.90. The number of aromatic hydroxyl groups is 1. The number of rotatable bonds is 2. The molecular weight excluding hydrogens is 218 g/mol. The summed E-state index contributed by atoms with van der Waals surface area (Å²) in [6.07, 6.45) is 4.03. The van der Waals surface area contributed by atoms with Crippen LogP contribution in [0.15, 0.2) is 18.2 Å². The van der Waals surface area contributed by atoms with Gasteiger partial charge in [-0.2, -0.15) is 0 Å². The molecule has 0 aromatic heterocycles. The largest absolute Gasteiger partial charge is 0.507 e. The smallest absolute Gasteiger partial charge is 0.341 e. The van der Waals surface area contributed by atoms with Crippen LogP contribution in [-0.2, 0) is 10.3 Å². The van der Waals surface area contributed by atoms with Crippen molar-refractivity contribution in [2.45, 2.75) is 31.2 Å². The predicted molar refractivity (Wildman–Crippen MR) is 63.8 cm³/mol. The van der Waals surface area contributed by atoms with Gasteiger partial charge in [-0.25, -0.2) is 4.79 Å². The van der Waals surface area contributed by atoms with Crippen LogP contribution in [0.5, 0.6) is 5.75 Å². The van der Waals surface area contributed by atoms with Crippen molar-refractivity contribution in [1.29, 1.82) is 0 Å². The molecule has 0 unspecified atom stereocenters. The van der Waals surface area contributed by atoms with E-state index in [0.29, 0.717) is 0 Å². The lowest BCUT2D eigenvalue weighted by atomic mass is 9.88. The number of phenolic OH excluding ortho intramolecular Hbond substituents is 1. The van der Waals surface area contributed by atoms with E-state index in [-0.39, 0.29) is 16.9 Å². The van der Waals surface area contributed by atoms with Crippen molar-refractivity contribution in [3.8, 4) is 5.75 Å². The Morgan fingerprint density at radius 2 is 2.06 bits per heavy atom. The quantitative estimate of drug-likeness (QED) is 0.768. The van der Waals surface area contributed by atoms with Gasteiger partial charge in [-0.05, 0) is 30.5 Å². The highest BCUT2D eigenvalue weighted by atomic mass is 16.5. The van der Waals surface area contributed by atoms with Crippen molar-refractivity contribution in [3.05, 3.63) is 29.3 Å². The molecule has 0 saturated heterocycles. The van der Waals surface area contributed by atoms with E-state index in [2.05, 4.69) is 4.74 Å². The van der Waals surface area contributed by atoms with Crippen LogP contribution in [-0.4, -0.2) is 18.2 Å². The van der Waals surface area contributed by atoms with E-state index in [1.807, 2.05) is 0 Å².